The fourth-order valence-corrected chi connectivity index (χ4v) is 2.84. The van der Waals surface area contributed by atoms with E-state index in [-0.39, 0.29) is 5.41 Å². The molecule has 1 aromatic rings. The highest BCUT2D eigenvalue weighted by atomic mass is 79.9. The summed E-state index contributed by atoms with van der Waals surface area (Å²) >= 11 is 3.61. The maximum Gasteiger partial charge on any atom is 0.191 e. The highest BCUT2D eigenvalue weighted by Gasteiger charge is 2.22. The molecule has 0 spiro atoms. The summed E-state index contributed by atoms with van der Waals surface area (Å²) in [5.41, 5.74) is 7.24. The van der Waals surface area contributed by atoms with Crippen molar-refractivity contribution in [3.63, 3.8) is 0 Å². The largest absolute Gasteiger partial charge is 0.370 e. The van der Waals surface area contributed by atoms with Crippen LogP contribution in [0.3, 0.4) is 0 Å². The summed E-state index contributed by atoms with van der Waals surface area (Å²) in [5.74, 6) is 0.630. The Balaban J connectivity index is 2.86. The van der Waals surface area contributed by atoms with Crippen molar-refractivity contribution >= 4 is 21.9 Å². The van der Waals surface area contributed by atoms with Gasteiger partial charge in [0.05, 0.1) is 6.54 Å². The second kappa shape index (κ2) is 6.94. The Morgan fingerprint density at radius 1 is 1.26 bits per heavy atom. The molecule has 19 heavy (non-hydrogen) atoms. The predicted octanol–water partition coefficient (Wildman–Crippen LogP) is 3.38. The molecule has 2 N–H and O–H groups in total. The average molecular weight is 326 g/mol. The van der Waals surface area contributed by atoms with Gasteiger partial charge in [-0.3, -0.25) is 4.99 Å². The second-order valence-corrected chi connectivity index (χ2v) is 6.06. The lowest BCUT2D eigenvalue weighted by atomic mass is 9.85. The monoisotopic (exact) mass is 325 g/mol. The number of nitrogens with zero attached hydrogens (tertiary/aromatic N) is 2. The standard InChI is InChI=1S/C15H24BrN3/c1-5-19(6-2)14(17)18-11-15(3,4)12-9-7-8-10-13(12)16/h7-10H,5-6,11H2,1-4H3,(H2,17,18). The Labute approximate surface area is 125 Å². The molecule has 0 amide bonds. The van der Waals surface area contributed by atoms with E-state index in [2.05, 4.69) is 71.7 Å². The maximum atomic E-state index is 6.03. The molecule has 3 nitrogen and oxygen atoms in total. The molecule has 0 aliphatic rings. The van der Waals surface area contributed by atoms with Crippen LogP contribution in [0, 0.1) is 0 Å². The minimum atomic E-state index is -0.0438. The molecule has 1 aromatic carbocycles. The van der Waals surface area contributed by atoms with E-state index < -0.39 is 0 Å². The van der Waals surface area contributed by atoms with Gasteiger partial charge in [-0.05, 0) is 25.5 Å². The summed E-state index contributed by atoms with van der Waals surface area (Å²) in [4.78, 5) is 6.62. The summed E-state index contributed by atoms with van der Waals surface area (Å²) in [5, 5.41) is 0. The third-order valence-electron chi connectivity index (χ3n) is 3.33. The predicted molar refractivity (Wildman–Crippen MR) is 86.6 cm³/mol. The number of hydrogen-bond donors (Lipinski definition) is 1. The van der Waals surface area contributed by atoms with E-state index in [1.54, 1.807) is 0 Å². The van der Waals surface area contributed by atoms with Crippen LogP contribution in [0.2, 0.25) is 0 Å². The second-order valence-electron chi connectivity index (χ2n) is 5.21. The van der Waals surface area contributed by atoms with Gasteiger partial charge >= 0.3 is 0 Å². The molecule has 0 saturated carbocycles. The topological polar surface area (TPSA) is 41.6 Å². The van der Waals surface area contributed by atoms with Crippen LogP contribution in [0.5, 0.6) is 0 Å². The van der Waals surface area contributed by atoms with E-state index in [0.29, 0.717) is 12.5 Å². The van der Waals surface area contributed by atoms with Crippen LogP contribution in [0.15, 0.2) is 33.7 Å². The first kappa shape index (κ1) is 16.0. The number of nitrogens with two attached hydrogens (primary N) is 1. The first-order valence-electron chi connectivity index (χ1n) is 6.72. The van der Waals surface area contributed by atoms with Crippen molar-refractivity contribution in [2.75, 3.05) is 19.6 Å². The van der Waals surface area contributed by atoms with Gasteiger partial charge in [-0.25, -0.2) is 0 Å². The summed E-state index contributed by atoms with van der Waals surface area (Å²) in [7, 11) is 0. The van der Waals surface area contributed by atoms with Crippen molar-refractivity contribution in [3.05, 3.63) is 34.3 Å². The molecule has 1 rings (SSSR count). The van der Waals surface area contributed by atoms with E-state index in [1.165, 1.54) is 5.56 Å². The van der Waals surface area contributed by atoms with Gasteiger partial charge in [0.2, 0.25) is 0 Å². The zero-order chi connectivity index (χ0) is 14.5. The molecule has 0 radical (unpaired) electrons. The van der Waals surface area contributed by atoms with Crippen LogP contribution >= 0.6 is 15.9 Å². The van der Waals surface area contributed by atoms with Crippen molar-refractivity contribution in [1.29, 1.82) is 0 Å². The third kappa shape index (κ3) is 4.23. The fourth-order valence-electron chi connectivity index (χ4n) is 2.02. The van der Waals surface area contributed by atoms with Gasteiger partial charge in [0.25, 0.3) is 0 Å². The molecule has 0 fully saturated rings. The van der Waals surface area contributed by atoms with E-state index in [4.69, 9.17) is 5.73 Å². The summed E-state index contributed by atoms with van der Waals surface area (Å²) in [6, 6.07) is 8.28. The summed E-state index contributed by atoms with van der Waals surface area (Å²) in [6.45, 7) is 11.0. The Bertz CT molecular complexity index is 437. The van der Waals surface area contributed by atoms with E-state index in [0.717, 1.165) is 17.6 Å². The number of rotatable bonds is 5. The van der Waals surface area contributed by atoms with E-state index >= 15 is 0 Å². The molecule has 106 valence electrons. The lowest BCUT2D eigenvalue weighted by Crippen LogP contribution is -2.38. The number of aliphatic imine (C=N–C) groups is 1. The molecule has 0 aliphatic heterocycles. The molecule has 0 saturated heterocycles. The maximum absolute atomic E-state index is 6.03. The van der Waals surface area contributed by atoms with Crippen molar-refractivity contribution < 1.29 is 0 Å². The van der Waals surface area contributed by atoms with E-state index in [1.807, 2.05) is 6.07 Å². The zero-order valence-electron chi connectivity index (χ0n) is 12.3. The number of halogens is 1. The van der Waals surface area contributed by atoms with Crippen molar-refractivity contribution in [2.24, 2.45) is 10.7 Å². The Morgan fingerprint density at radius 2 is 1.84 bits per heavy atom. The van der Waals surface area contributed by atoms with Gasteiger partial charge in [0.15, 0.2) is 5.96 Å². The fraction of sp³-hybridized carbons (Fsp3) is 0.533. The van der Waals surface area contributed by atoms with Gasteiger partial charge in [-0.15, -0.1) is 0 Å². The van der Waals surface area contributed by atoms with Crippen molar-refractivity contribution in [1.82, 2.24) is 4.90 Å². The molecule has 0 aliphatic carbocycles. The van der Waals surface area contributed by atoms with Crippen LogP contribution in [0.25, 0.3) is 0 Å². The number of benzene rings is 1. The van der Waals surface area contributed by atoms with Crippen LogP contribution in [-0.4, -0.2) is 30.5 Å². The zero-order valence-corrected chi connectivity index (χ0v) is 13.9. The molecular formula is C15H24BrN3. The molecular weight excluding hydrogens is 302 g/mol. The normalized spacial score (nSPS) is 12.6. The van der Waals surface area contributed by atoms with Gasteiger partial charge in [-0.2, -0.15) is 0 Å². The summed E-state index contributed by atoms with van der Waals surface area (Å²) < 4.78 is 1.12. The number of guanidine groups is 1. The summed E-state index contributed by atoms with van der Waals surface area (Å²) in [6.07, 6.45) is 0. The molecule has 0 bridgehead atoms. The molecule has 4 heteroatoms. The first-order valence-corrected chi connectivity index (χ1v) is 7.51. The minimum Gasteiger partial charge on any atom is -0.370 e. The SMILES string of the molecule is CCN(CC)C(N)=NCC(C)(C)c1ccccc1Br. The minimum absolute atomic E-state index is 0.0438. The molecule has 0 heterocycles. The average Bonchev–Trinajstić information content (AvgIpc) is 2.38. The van der Waals surface area contributed by atoms with Crippen LogP contribution in [0.1, 0.15) is 33.3 Å². The van der Waals surface area contributed by atoms with Crippen LogP contribution in [-0.2, 0) is 5.41 Å². The quantitative estimate of drug-likeness (QED) is 0.666. The Morgan fingerprint density at radius 3 is 2.37 bits per heavy atom. The van der Waals surface area contributed by atoms with Gasteiger partial charge in [0.1, 0.15) is 0 Å². The Kier molecular flexibility index (Phi) is 5.85. The molecule has 0 unspecified atom stereocenters. The Hall–Kier alpha value is -1.03. The number of hydrogen-bond acceptors (Lipinski definition) is 1. The van der Waals surface area contributed by atoms with Crippen LogP contribution < -0.4 is 5.73 Å². The molecule has 0 atom stereocenters. The highest BCUT2D eigenvalue weighted by Crippen LogP contribution is 2.30. The van der Waals surface area contributed by atoms with Gasteiger partial charge in [-0.1, -0.05) is 48.0 Å². The first-order chi connectivity index (χ1) is 8.92. The smallest absolute Gasteiger partial charge is 0.191 e. The molecule has 0 aromatic heterocycles. The van der Waals surface area contributed by atoms with Crippen LogP contribution in [0.4, 0.5) is 0 Å². The highest BCUT2D eigenvalue weighted by molar-refractivity contribution is 9.10. The van der Waals surface area contributed by atoms with Crippen molar-refractivity contribution in [3.8, 4) is 0 Å². The van der Waals surface area contributed by atoms with Gasteiger partial charge in [0, 0.05) is 23.0 Å². The lowest BCUT2D eigenvalue weighted by molar-refractivity contribution is 0.451. The third-order valence-corrected chi connectivity index (χ3v) is 4.02. The lowest BCUT2D eigenvalue weighted by Gasteiger charge is -2.26. The van der Waals surface area contributed by atoms with Gasteiger partial charge < -0.3 is 10.6 Å². The van der Waals surface area contributed by atoms with E-state index in [9.17, 15) is 0 Å². The van der Waals surface area contributed by atoms with Crippen molar-refractivity contribution in [2.45, 2.75) is 33.1 Å².